The quantitative estimate of drug-likeness (QED) is 0.867. The molecule has 1 heterocycles. The van der Waals surface area contributed by atoms with E-state index in [0.717, 1.165) is 30.8 Å². The molecule has 3 nitrogen and oxygen atoms in total. The van der Waals surface area contributed by atoms with Crippen LogP contribution in [0.5, 0.6) is 5.75 Å². The molecule has 110 valence electrons. The molecule has 2 N–H and O–H groups in total. The van der Waals surface area contributed by atoms with Crippen LogP contribution in [-0.2, 0) is 6.42 Å². The van der Waals surface area contributed by atoms with Crippen molar-refractivity contribution in [2.45, 2.75) is 19.8 Å². The molecule has 2 aromatic rings. The SMILES string of the molecule is CCCOc1cc(N2CCc3ccccc32)c(N)cc1F. The number of para-hydroxylation sites is 1. The first-order chi connectivity index (χ1) is 10.2. The Kier molecular flexibility index (Phi) is 3.69. The molecule has 0 fully saturated rings. The summed E-state index contributed by atoms with van der Waals surface area (Å²) in [6.07, 6.45) is 1.81. The summed E-state index contributed by atoms with van der Waals surface area (Å²) in [5.41, 5.74) is 9.69. The average Bonchev–Trinajstić information content (AvgIpc) is 2.90. The van der Waals surface area contributed by atoms with Crippen LogP contribution in [0.2, 0.25) is 0 Å². The first-order valence-electron chi connectivity index (χ1n) is 7.28. The minimum Gasteiger partial charge on any atom is -0.490 e. The Morgan fingerprint density at radius 2 is 2.05 bits per heavy atom. The van der Waals surface area contributed by atoms with Crippen LogP contribution in [0.3, 0.4) is 0 Å². The number of nitrogen functional groups attached to an aromatic ring is 1. The second kappa shape index (κ2) is 5.64. The van der Waals surface area contributed by atoms with Crippen LogP contribution in [0.4, 0.5) is 21.5 Å². The number of hydrogen-bond donors (Lipinski definition) is 1. The van der Waals surface area contributed by atoms with Crippen LogP contribution < -0.4 is 15.4 Å². The maximum absolute atomic E-state index is 13.9. The van der Waals surface area contributed by atoms with Gasteiger partial charge in [-0.15, -0.1) is 0 Å². The standard InChI is InChI=1S/C17H19FN2O/c1-2-9-21-17-11-16(14(19)10-13(17)18)20-8-7-12-5-3-4-6-15(12)20/h3-6,10-11H,2,7-9,19H2,1H3. The lowest BCUT2D eigenvalue weighted by Crippen LogP contribution is -2.15. The molecular weight excluding hydrogens is 267 g/mol. The highest BCUT2D eigenvalue weighted by molar-refractivity contribution is 5.79. The average molecular weight is 286 g/mol. The lowest BCUT2D eigenvalue weighted by molar-refractivity contribution is 0.301. The van der Waals surface area contributed by atoms with Crippen molar-refractivity contribution < 1.29 is 9.13 Å². The Balaban J connectivity index is 1.99. The Hall–Kier alpha value is -2.23. The zero-order valence-corrected chi connectivity index (χ0v) is 12.1. The predicted octanol–water partition coefficient (Wildman–Crippen LogP) is 3.89. The van der Waals surface area contributed by atoms with Crippen molar-refractivity contribution in [1.29, 1.82) is 0 Å². The summed E-state index contributed by atoms with van der Waals surface area (Å²) < 4.78 is 19.4. The van der Waals surface area contributed by atoms with Gasteiger partial charge in [-0.3, -0.25) is 0 Å². The van der Waals surface area contributed by atoms with Crippen molar-refractivity contribution >= 4 is 17.1 Å². The summed E-state index contributed by atoms with van der Waals surface area (Å²) in [7, 11) is 0. The number of nitrogens with two attached hydrogens (primary N) is 1. The Bertz CT molecular complexity index is 657. The van der Waals surface area contributed by atoms with Gasteiger partial charge in [-0.1, -0.05) is 25.1 Å². The van der Waals surface area contributed by atoms with E-state index in [1.54, 1.807) is 6.07 Å². The normalized spacial score (nSPS) is 13.3. The molecular formula is C17H19FN2O. The fourth-order valence-corrected chi connectivity index (χ4v) is 2.70. The zero-order chi connectivity index (χ0) is 14.8. The smallest absolute Gasteiger partial charge is 0.167 e. The number of anilines is 3. The molecule has 0 aromatic heterocycles. The van der Waals surface area contributed by atoms with Crippen LogP contribution in [0.15, 0.2) is 36.4 Å². The topological polar surface area (TPSA) is 38.5 Å². The fraction of sp³-hybridized carbons (Fsp3) is 0.294. The molecule has 21 heavy (non-hydrogen) atoms. The van der Waals surface area contributed by atoms with Gasteiger partial charge in [0.1, 0.15) is 0 Å². The van der Waals surface area contributed by atoms with E-state index in [4.69, 9.17) is 10.5 Å². The van der Waals surface area contributed by atoms with Crippen molar-refractivity contribution in [3.8, 4) is 5.75 Å². The molecule has 0 aliphatic carbocycles. The van der Waals surface area contributed by atoms with Crippen molar-refractivity contribution in [3.63, 3.8) is 0 Å². The molecule has 1 aliphatic heterocycles. The number of ether oxygens (including phenoxy) is 1. The third-order valence-electron chi connectivity index (χ3n) is 3.72. The summed E-state index contributed by atoms with van der Waals surface area (Å²) in [4.78, 5) is 2.13. The van der Waals surface area contributed by atoms with Crippen molar-refractivity contribution in [1.82, 2.24) is 0 Å². The molecule has 0 radical (unpaired) electrons. The maximum atomic E-state index is 13.9. The second-order valence-corrected chi connectivity index (χ2v) is 5.22. The molecule has 2 aromatic carbocycles. The lowest BCUT2D eigenvalue weighted by atomic mass is 10.1. The third-order valence-corrected chi connectivity index (χ3v) is 3.72. The highest BCUT2D eigenvalue weighted by Gasteiger charge is 2.23. The number of halogens is 1. The molecule has 4 heteroatoms. The van der Waals surface area contributed by atoms with E-state index in [1.807, 2.05) is 19.1 Å². The van der Waals surface area contributed by atoms with E-state index in [-0.39, 0.29) is 5.75 Å². The minimum atomic E-state index is -0.405. The number of rotatable bonds is 4. The van der Waals surface area contributed by atoms with E-state index in [2.05, 4.69) is 17.0 Å². The summed E-state index contributed by atoms with van der Waals surface area (Å²) in [6.45, 7) is 3.34. The molecule has 0 spiro atoms. The molecule has 0 atom stereocenters. The van der Waals surface area contributed by atoms with E-state index in [9.17, 15) is 4.39 Å². The van der Waals surface area contributed by atoms with Gasteiger partial charge in [-0.25, -0.2) is 4.39 Å². The summed E-state index contributed by atoms with van der Waals surface area (Å²) in [6, 6.07) is 11.3. The molecule has 0 unspecified atom stereocenters. The number of benzene rings is 2. The molecule has 3 rings (SSSR count). The van der Waals surface area contributed by atoms with Gasteiger partial charge >= 0.3 is 0 Å². The van der Waals surface area contributed by atoms with Crippen LogP contribution >= 0.6 is 0 Å². The molecule has 0 bridgehead atoms. The van der Waals surface area contributed by atoms with Crippen LogP contribution in [0.25, 0.3) is 0 Å². The Morgan fingerprint density at radius 1 is 1.24 bits per heavy atom. The fourth-order valence-electron chi connectivity index (χ4n) is 2.70. The highest BCUT2D eigenvalue weighted by Crippen LogP contribution is 2.39. The van der Waals surface area contributed by atoms with E-state index in [0.29, 0.717) is 12.3 Å². The predicted molar refractivity (Wildman–Crippen MR) is 83.8 cm³/mol. The van der Waals surface area contributed by atoms with Gasteiger partial charge in [0.2, 0.25) is 0 Å². The second-order valence-electron chi connectivity index (χ2n) is 5.22. The van der Waals surface area contributed by atoms with Crippen LogP contribution in [0, 0.1) is 5.82 Å². The monoisotopic (exact) mass is 286 g/mol. The largest absolute Gasteiger partial charge is 0.490 e. The van der Waals surface area contributed by atoms with Crippen LogP contribution in [0.1, 0.15) is 18.9 Å². The third kappa shape index (κ3) is 2.53. The maximum Gasteiger partial charge on any atom is 0.167 e. The molecule has 1 aliphatic rings. The van der Waals surface area contributed by atoms with Gasteiger partial charge in [0.05, 0.1) is 18.0 Å². The van der Waals surface area contributed by atoms with E-state index in [1.165, 1.54) is 11.6 Å². The molecule has 0 saturated carbocycles. The van der Waals surface area contributed by atoms with E-state index < -0.39 is 5.82 Å². The Morgan fingerprint density at radius 3 is 2.86 bits per heavy atom. The van der Waals surface area contributed by atoms with E-state index >= 15 is 0 Å². The van der Waals surface area contributed by atoms with Gasteiger partial charge in [0.15, 0.2) is 11.6 Å². The lowest BCUT2D eigenvalue weighted by Gasteiger charge is -2.22. The number of nitrogens with zero attached hydrogens (tertiary/aromatic N) is 1. The van der Waals surface area contributed by atoms with Gasteiger partial charge in [-0.05, 0) is 24.5 Å². The first kappa shape index (κ1) is 13.7. The number of fused-ring (bicyclic) bond motifs is 1. The summed E-state index contributed by atoms with van der Waals surface area (Å²) >= 11 is 0. The van der Waals surface area contributed by atoms with Crippen LogP contribution in [-0.4, -0.2) is 13.2 Å². The summed E-state index contributed by atoms with van der Waals surface area (Å²) in [5.74, 6) is -0.136. The van der Waals surface area contributed by atoms with Crippen molar-refractivity contribution in [2.24, 2.45) is 0 Å². The van der Waals surface area contributed by atoms with Gasteiger partial charge in [0.25, 0.3) is 0 Å². The van der Waals surface area contributed by atoms with Gasteiger partial charge in [0, 0.05) is 24.4 Å². The first-order valence-corrected chi connectivity index (χ1v) is 7.28. The van der Waals surface area contributed by atoms with Gasteiger partial charge in [-0.2, -0.15) is 0 Å². The molecule has 0 saturated heterocycles. The molecule has 0 amide bonds. The highest BCUT2D eigenvalue weighted by atomic mass is 19.1. The minimum absolute atomic E-state index is 0.269. The zero-order valence-electron chi connectivity index (χ0n) is 12.1. The van der Waals surface area contributed by atoms with Gasteiger partial charge < -0.3 is 15.4 Å². The number of hydrogen-bond acceptors (Lipinski definition) is 3. The Labute approximate surface area is 124 Å². The van der Waals surface area contributed by atoms with Crippen molar-refractivity contribution in [2.75, 3.05) is 23.8 Å². The van der Waals surface area contributed by atoms with Crippen molar-refractivity contribution in [3.05, 3.63) is 47.8 Å². The summed E-state index contributed by atoms with van der Waals surface area (Å²) in [5, 5.41) is 0.